The molecule has 0 amide bonds. The number of hydrogen-bond donors (Lipinski definition) is 1. The summed E-state index contributed by atoms with van der Waals surface area (Å²) in [4.78, 5) is 0. The molecule has 0 aliphatic carbocycles. The van der Waals surface area contributed by atoms with Gasteiger partial charge in [0.1, 0.15) is 4.21 Å². The number of halogens is 2. The van der Waals surface area contributed by atoms with E-state index in [9.17, 15) is 8.42 Å². The zero-order chi connectivity index (χ0) is 12.5. The number of nitrogens with one attached hydrogen (secondary N) is 1. The number of thiophene rings is 1. The third-order valence-corrected chi connectivity index (χ3v) is 6.60. The van der Waals surface area contributed by atoms with Crippen LogP contribution in [0, 0.1) is 0 Å². The molecule has 0 saturated carbocycles. The van der Waals surface area contributed by atoms with Crippen LogP contribution in [-0.4, -0.2) is 38.9 Å². The topological polar surface area (TPSA) is 49.4 Å². The molecule has 2 rings (SSSR count). The first-order valence-electron chi connectivity index (χ1n) is 5.47. The summed E-state index contributed by atoms with van der Waals surface area (Å²) in [5, 5.41) is 3.18. The van der Waals surface area contributed by atoms with Crippen molar-refractivity contribution >= 4 is 45.4 Å². The summed E-state index contributed by atoms with van der Waals surface area (Å²) in [7, 11) is -1.42. The molecule has 0 unspecified atom stereocenters. The lowest BCUT2D eigenvalue weighted by atomic mass is 10.1. The smallest absolute Gasteiger partial charge is 0.252 e. The predicted octanol–water partition coefficient (Wildman–Crippen LogP) is 2.20. The zero-order valence-electron chi connectivity index (χ0n) is 9.93. The molecule has 1 aliphatic rings. The van der Waals surface area contributed by atoms with Crippen LogP contribution in [0.2, 0.25) is 4.34 Å². The van der Waals surface area contributed by atoms with E-state index in [0.717, 1.165) is 24.2 Å². The molecule has 1 saturated heterocycles. The van der Waals surface area contributed by atoms with Gasteiger partial charge in [-0.25, -0.2) is 8.42 Å². The monoisotopic (exact) mass is 330 g/mol. The Morgan fingerprint density at radius 3 is 2.44 bits per heavy atom. The zero-order valence-corrected chi connectivity index (χ0v) is 13.1. The summed E-state index contributed by atoms with van der Waals surface area (Å²) in [5.41, 5.74) is 0. The predicted molar refractivity (Wildman–Crippen MR) is 77.4 cm³/mol. The van der Waals surface area contributed by atoms with Gasteiger partial charge in [-0.2, -0.15) is 4.31 Å². The lowest BCUT2D eigenvalue weighted by molar-refractivity contribution is 0.299. The number of piperidine rings is 1. The van der Waals surface area contributed by atoms with Crippen LogP contribution in [0.5, 0.6) is 0 Å². The van der Waals surface area contributed by atoms with Crippen molar-refractivity contribution < 1.29 is 8.42 Å². The van der Waals surface area contributed by atoms with E-state index in [2.05, 4.69) is 5.32 Å². The maximum Gasteiger partial charge on any atom is 0.252 e. The van der Waals surface area contributed by atoms with E-state index in [1.54, 1.807) is 16.4 Å². The van der Waals surface area contributed by atoms with Crippen molar-refractivity contribution in [3.63, 3.8) is 0 Å². The van der Waals surface area contributed by atoms with Gasteiger partial charge in [-0.05, 0) is 32.0 Å². The molecule has 2 heterocycles. The van der Waals surface area contributed by atoms with Gasteiger partial charge in [0.15, 0.2) is 0 Å². The van der Waals surface area contributed by atoms with Crippen molar-refractivity contribution in [2.75, 3.05) is 20.1 Å². The highest BCUT2D eigenvalue weighted by Crippen LogP contribution is 2.29. The van der Waals surface area contributed by atoms with E-state index < -0.39 is 10.0 Å². The van der Waals surface area contributed by atoms with Crippen molar-refractivity contribution in [3.05, 3.63) is 16.5 Å². The summed E-state index contributed by atoms with van der Waals surface area (Å²) < 4.78 is 26.9. The number of nitrogens with zero attached hydrogens (tertiary/aromatic N) is 1. The first kappa shape index (κ1) is 16.2. The minimum absolute atomic E-state index is 0. The van der Waals surface area contributed by atoms with Gasteiger partial charge in [0, 0.05) is 19.1 Å². The highest BCUT2D eigenvalue weighted by molar-refractivity contribution is 7.91. The van der Waals surface area contributed by atoms with Crippen LogP contribution in [0.25, 0.3) is 0 Å². The summed E-state index contributed by atoms with van der Waals surface area (Å²) in [6.45, 7) is 1.15. The minimum atomic E-state index is -3.33. The summed E-state index contributed by atoms with van der Waals surface area (Å²) in [6.07, 6.45) is 1.71. The third-order valence-electron chi connectivity index (χ3n) is 3.00. The Labute approximate surface area is 123 Å². The van der Waals surface area contributed by atoms with Gasteiger partial charge >= 0.3 is 0 Å². The number of rotatable bonds is 3. The molecule has 1 aromatic rings. The Morgan fingerprint density at radius 2 is 2.00 bits per heavy atom. The molecule has 8 heteroatoms. The second-order valence-electron chi connectivity index (χ2n) is 4.03. The first-order chi connectivity index (χ1) is 8.04. The second kappa shape index (κ2) is 6.54. The molecule has 104 valence electrons. The maximum atomic E-state index is 12.3. The summed E-state index contributed by atoms with van der Waals surface area (Å²) >= 11 is 6.89. The number of hydrogen-bond acceptors (Lipinski definition) is 4. The molecule has 0 aromatic carbocycles. The average Bonchev–Trinajstić information content (AvgIpc) is 2.77. The Kier molecular flexibility index (Phi) is 5.89. The Bertz CT molecular complexity index is 482. The van der Waals surface area contributed by atoms with Gasteiger partial charge in [0.2, 0.25) is 0 Å². The van der Waals surface area contributed by atoms with E-state index in [0.29, 0.717) is 27.7 Å². The Morgan fingerprint density at radius 1 is 1.39 bits per heavy atom. The normalized spacial score (nSPS) is 18.6. The average molecular weight is 331 g/mol. The summed E-state index contributed by atoms with van der Waals surface area (Å²) in [5.74, 6) is 0. The van der Waals surface area contributed by atoms with Gasteiger partial charge < -0.3 is 5.32 Å². The van der Waals surface area contributed by atoms with Crippen LogP contribution >= 0.6 is 35.3 Å². The molecule has 0 radical (unpaired) electrons. The van der Waals surface area contributed by atoms with Gasteiger partial charge in [-0.15, -0.1) is 23.7 Å². The molecule has 0 bridgehead atoms. The van der Waals surface area contributed by atoms with Crippen molar-refractivity contribution in [2.24, 2.45) is 0 Å². The maximum absolute atomic E-state index is 12.3. The van der Waals surface area contributed by atoms with E-state index >= 15 is 0 Å². The van der Waals surface area contributed by atoms with Gasteiger partial charge in [0.25, 0.3) is 10.0 Å². The fraction of sp³-hybridized carbons (Fsp3) is 0.600. The minimum Gasteiger partial charge on any atom is -0.317 e. The fourth-order valence-electron chi connectivity index (χ4n) is 1.95. The molecular weight excluding hydrogens is 315 g/mol. The third kappa shape index (κ3) is 3.37. The van der Waals surface area contributed by atoms with Crippen molar-refractivity contribution in [3.8, 4) is 0 Å². The van der Waals surface area contributed by atoms with Crippen molar-refractivity contribution in [1.29, 1.82) is 0 Å². The largest absolute Gasteiger partial charge is 0.317 e. The molecule has 1 aliphatic heterocycles. The molecule has 4 nitrogen and oxygen atoms in total. The standard InChI is InChI=1S/C10H15ClN2O2S2.ClH/c1-12-8-4-6-13(7-5-8)17(14,15)10-3-2-9(11)16-10;/h2-3,8,12H,4-7H2,1H3;1H. The Hall–Kier alpha value is 0.150. The van der Waals surface area contributed by atoms with Crippen LogP contribution in [0.3, 0.4) is 0 Å². The van der Waals surface area contributed by atoms with Crippen LogP contribution in [-0.2, 0) is 10.0 Å². The highest BCUT2D eigenvalue weighted by atomic mass is 35.5. The summed E-state index contributed by atoms with van der Waals surface area (Å²) in [6, 6.07) is 3.62. The van der Waals surface area contributed by atoms with E-state index in [-0.39, 0.29) is 12.4 Å². The van der Waals surface area contributed by atoms with Crippen molar-refractivity contribution in [1.82, 2.24) is 9.62 Å². The van der Waals surface area contributed by atoms with Crippen LogP contribution in [0.1, 0.15) is 12.8 Å². The molecule has 0 spiro atoms. The molecule has 18 heavy (non-hydrogen) atoms. The van der Waals surface area contributed by atoms with E-state index in [1.165, 1.54) is 0 Å². The van der Waals surface area contributed by atoms with E-state index in [4.69, 9.17) is 11.6 Å². The quantitative estimate of drug-likeness (QED) is 0.924. The van der Waals surface area contributed by atoms with Gasteiger partial charge in [-0.3, -0.25) is 0 Å². The molecular formula is C10H16Cl2N2O2S2. The molecule has 0 atom stereocenters. The van der Waals surface area contributed by atoms with Crippen LogP contribution in [0.4, 0.5) is 0 Å². The molecule has 1 fully saturated rings. The number of sulfonamides is 1. The molecule has 1 aromatic heterocycles. The van der Waals surface area contributed by atoms with E-state index in [1.807, 2.05) is 7.05 Å². The highest BCUT2D eigenvalue weighted by Gasteiger charge is 2.29. The van der Waals surface area contributed by atoms with Gasteiger partial charge in [-0.1, -0.05) is 11.6 Å². The molecule has 1 N–H and O–H groups in total. The lowest BCUT2D eigenvalue weighted by Gasteiger charge is -2.30. The first-order valence-corrected chi connectivity index (χ1v) is 8.10. The SMILES string of the molecule is CNC1CCN(S(=O)(=O)c2ccc(Cl)s2)CC1.Cl. The lowest BCUT2D eigenvalue weighted by Crippen LogP contribution is -2.43. The fourth-order valence-corrected chi connectivity index (χ4v) is 5.06. The second-order valence-corrected chi connectivity index (χ2v) is 7.91. The van der Waals surface area contributed by atoms with Gasteiger partial charge in [0.05, 0.1) is 4.34 Å². The van der Waals surface area contributed by atoms with Crippen molar-refractivity contribution in [2.45, 2.75) is 23.1 Å². The van der Waals surface area contributed by atoms with Crippen LogP contribution in [0.15, 0.2) is 16.3 Å². The Balaban J connectivity index is 0.00000162. The van der Waals surface area contributed by atoms with Crippen LogP contribution < -0.4 is 5.32 Å².